The van der Waals surface area contributed by atoms with E-state index in [4.69, 9.17) is 16.3 Å². The van der Waals surface area contributed by atoms with Gasteiger partial charge in [0.1, 0.15) is 24.9 Å². The molecule has 0 saturated carbocycles. The van der Waals surface area contributed by atoms with Gasteiger partial charge in [-0.05, 0) is 42.8 Å². The zero-order valence-electron chi connectivity index (χ0n) is 16.5. The Kier molecular flexibility index (Phi) is 5.41. The Balaban J connectivity index is 1.48. The fourth-order valence-electron chi connectivity index (χ4n) is 3.28. The van der Waals surface area contributed by atoms with Gasteiger partial charge in [-0.25, -0.2) is 9.67 Å². The lowest BCUT2D eigenvalue weighted by molar-refractivity contribution is -0.132. The first-order valence-corrected chi connectivity index (χ1v) is 9.75. The minimum absolute atomic E-state index is 0.0899. The summed E-state index contributed by atoms with van der Waals surface area (Å²) < 4.78 is 7.10. The Morgan fingerprint density at radius 3 is 2.73 bits per heavy atom. The van der Waals surface area contributed by atoms with Gasteiger partial charge in [0.25, 0.3) is 5.91 Å². The normalized spacial score (nSPS) is 14.1. The monoisotopic (exact) mass is 425 g/mol. The molecular weight excluding hydrogens is 406 g/mol. The summed E-state index contributed by atoms with van der Waals surface area (Å²) in [5, 5.41) is 4.58. The molecule has 1 aliphatic heterocycles. The highest BCUT2D eigenvalue weighted by Gasteiger charge is 2.29. The van der Waals surface area contributed by atoms with Crippen LogP contribution in [0.4, 0.5) is 5.69 Å². The zero-order chi connectivity index (χ0) is 21.3. The van der Waals surface area contributed by atoms with Crippen molar-refractivity contribution in [3.8, 4) is 11.4 Å². The topological polar surface area (TPSA) is 80.6 Å². The molecule has 154 valence electrons. The van der Waals surface area contributed by atoms with Gasteiger partial charge < -0.3 is 9.64 Å². The van der Waals surface area contributed by atoms with Crippen molar-refractivity contribution in [1.29, 1.82) is 0 Å². The number of likely N-dealkylation sites (N-methyl/N-ethyl adjacent to an activating group) is 1. The number of benzene rings is 2. The lowest BCUT2D eigenvalue weighted by Crippen LogP contribution is -2.46. The molecule has 1 atom stereocenters. The van der Waals surface area contributed by atoms with Crippen LogP contribution in [0.3, 0.4) is 0 Å². The molecule has 2 aromatic carbocycles. The van der Waals surface area contributed by atoms with Crippen molar-refractivity contribution in [1.82, 2.24) is 19.7 Å². The molecule has 0 unspecified atom stereocenters. The average Bonchev–Trinajstić information content (AvgIpc) is 3.30. The number of carbonyl (C=O) groups excluding carboxylic acids is 2. The summed E-state index contributed by atoms with van der Waals surface area (Å²) in [5.74, 6) is 0.0617. The molecular formula is C21H20ClN5O3. The first-order chi connectivity index (χ1) is 14.4. The molecule has 30 heavy (non-hydrogen) atoms. The van der Waals surface area contributed by atoms with E-state index in [1.807, 2.05) is 31.2 Å². The highest BCUT2D eigenvalue weighted by Crippen LogP contribution is 2.34. The van der Waals surface area contributed by atoms with Crippen LogP contribution in [0.15, 0.2) is 55.1 Å². The number of nitrogens with zero attached hydrogens (tertiary/aromatic N) is 5. The molecule has 2 heterocycles. The van der Waals surface area contributed by atoms with Gasteiger partial charge >= 0.3 is 0 Å². The van der Waals surface area contributed by atoms with Gasteiger partial charge in [-0.3, -0.25) is 14.5 Å². The highest BCUT2D eigenvalue weighted by molar-refractivity contribution is 6.31. The number of fused-ring (bicyclic) bond motifs is 1. The van der Waals surface area contributed by atoms with Crippen LogP contribution in [0, 0.1) is 0 Å². The summed E-state index contributed by atoms with van der Waals surface area (Å²) >= 11 is 6.07. The van der Waals surface area contributed by atoms with Crippen LogP contribution in [0.25, 0.3) is 5.69 Å². The predicted molar refractivity (Wildman–Crippen MR) is 112 cm³/mol. The Hall–Kier alpha value is -3.39. The number of rotatable bonds is 5. The lowest BCUT2D eigenvalue weighted by atomic mass is 10.1. The fourth-order valence-corrected chi connectivity index (χ4v) is 3.45. The van der Waals surface area contributed by atoms with Crippen LogP contribution in [0.5, 0.6) is 5.75 Å². The van der Waals surface area contributed by atoms with Crippen LogP contribution >= 0.6 is 11.6 Å². The van der Waals surface area contributed by atoms with E-state index in [0.29, 0.717) is 16.5 Å². The molecule has 0 radical (unpaired) electrons. The molecule has 0 N–H and O–H groups in total. The largest absolute Gasteiger partial charge is 0.482 e. The van der Waals surface area contributed by atoms with Crippen molar-refractivity contribution >= 4 is 29.1 Å². The third kappa shape index (κ3) is 3.86. The molecule has 0 saturated heterocycles. The summed E-state index contributed by atoms with van der Waals surface area (Å²) in [6, 6.07) is 12.6. The van der Waals surface area contributed by atoms with Gasteiger partial charge in [0.05, 0.1) is 17.4 Å². The summed E-state index contributed by atoms with van der Waals surface area (Å²) in [5.41, 5.74) is 2.35. The quantitative estimate of drug-likeness (QED) is 0.628. The van der Waals surface area contributed by atoms with Crippen molar-refractivity contribution in [2.45, 2.75) is 13.0 Å². The maximum atomic E-state index is 13.0. The first-order valence-electron chi connectivity index (χ1n) is 9.37. The number of hydrogen-bond donors (Lipinski definition) is 0. The third-order valence-electron chi connectivity index (χ3n) is 5.19. The van der Waals surface area contributed by atoms with E-state index in [-0.39, 0.29) is 31.0 Å². The molecule has 8 nitrogen and oxygen atoms in total. The number of amides is 2. The fraction of sp³-hybridized carbons (Fsp3) is 0.238. The second-order valence-corrected chi connectivity index (χ2v) is 7.43. The van der Waals surface area contributed by atoms with Crippen LogP contribution in [0.2, 0.25) is 5.02 Å². The Labute approximate surface area is 178 Å². The molecule has 4 rings (SSSR count). The second kappa shape index (κ2) is 8.16. The summed E-state index contributed by atoms with van der Waals surface area (Å²) in [6.07, 6.45) is 3.10. The van der Waals surface area contributed by atoms with Crippen LogP contribution < -0.4 is 9.64 Å². The molecule has 9 heteroatoms. The smallest absolute Gasteiger partial charge is 0.265 e. The summed E-state index contributed by atoms with van der Waals surface area (Å²) in [7, 11) is 1.72. The van der Waals surface area contributed by atoms with E-state index in [2.05, 4.69) is 10.1 Å². The molecule has 3 aromatic rings. The standard InChI is InChI=1S/C21H20ClN5O3/c1-14(15-3-6-17(7-4-15)27-13-23-12-24-27)25(2)20(28)10-26-18-9-16(22)5-8-19(18)30-11-21(26)29/h3-9,12-14H,10-11H2,1-2H3/t14-/m0/s1. The number of ether oxygens (including phenoxy) is 1. The van der Waals surface area contributed by atoms with Crippen molar-refractivity contribution in [3.05, 3.63) is 65.7 Å². The Morgan fingerprint density at radius 2 is 2.03 bits per heavy atom. The number of aromatic nitrogens is 3. The lowest BCUT2D eigenvalue weighted by Gasteiger charge is -2.32. The minimum atomic E-state index is -0.281. The molecule has 1 aliphatic rings. The average molecular weight is 426 g/mol. The van der Waals surface area contributed by atoms with Crippen LogP contribution in [0.1, 0.15) is 18.5 Å². The van der Waals surface area contributed by atoms with Crippen molar-refractivity contribution in [2.75, 3.05) is 25.1 Å². The number of hydrogen-bond acceptors (Lipinski definition) is 5. The minimum Gasteiger partial charge on any atom is -0.482 e. The van der Waals surface area contributed by atoms with E-state index in [1.165, 1.54) is 11.2 Å². The number of carbonyl (C=O) groups is 2. The molecule has 1 aromatic heterocycles. The van der Waals surface area contributed by atoms with Gasteiger partial charge in [-0.2, -0.15) is 5.10 Å². The predicted octanol–water partition coefficient (Wildman–Crippen LogP) is 2.87. The van der Waals surface area contributed by atoms with Gasteiger partial charge in [0.15, 0.2) is 6.61 Å². The van der Waals surface area contributed by atoms with Crippen LogP contribution in [-0.4, -0.2) is 51.7 Å². The number of halogens is 1. The van der Waals surface area contributed by atoms with Crippen LogP contribution in [-0.2, 0) is 9.59 Å². The SMILES string of the molecule is C[C@@H](c1ccc(-n2cncn2)cc1)N(C)C(=O)CN1C(=O)COc2ccc(Cl)cc21. The van der Waals surface area contributed by atoms with E-state index < -0.39 is 0 Å². The van der Waals surface area contributed by atoms with Gasteiger partial charge in [0, 0.05) is 12.1 Å². The molecule has 0 bridgehead atoms. The highest BCUT2D eigenvalue weighted by atomic mass is 35.5. The van der Waals surface area contributed by atoms with E-state index in [0.717, 1.165) is 11.3 Å². The molecule has 0 fully saturated rings. The third-order valence-corrected chi connectivity index (χ3v) is 5.43. The maximum Gasteiger partial charge on any atom is 0.265 e. The maximum absolute atomic E-state index is 13.0. The summed E-state index contributed by atoms with van der Waals surface area (Å²) in [6.45, 7) is 1.74. The Bertz CT molecular complexity index is 1070. The van der Waals surface area contributed by atoms with Gasteiger partial charge in [0.2, 0.25) is 5.91 Å². The Morgan fingerprint density at radius 1 is 1.27 bits per heavy atom. The van der Waals surface area contributed by atoms with Crippen molar-refractivity contribution in [3.63, 3.8) is 0 Å². The second-order valence-electron chi connectivity index (χ2n) is 6.99. The zero-order valence-corrected chi connectivity index (χ0v) is 17.3. The molecule has 0 aliphatic carbocycles. The summed E-state index contributed by atoms with van der Waals surface area (Å²) in [4.78, 5) is 32.3. The van der Waals surface area contributed by atoms with Gasteiger partial charge in [-0.1, -0.05) is 23.7 Å². The number of anilines is 1. The van der Waals surface area contributed by atoms with Gasteiger partial charge in [-0.15, -0.1) is 0 Å². The van der Waals surface area contributed by atoms with E-state index in [9.17, 15) is 9.59 Å². The van der Waals surface area contributed by atoms with E-state index in [1.54, 1.807) is 41.2 Å². The first kappa shape index (κ1) is 19.9. The molecule has 0 spiro atoms. The molecule has 2 amide bonds. The van der Waals surface area contributed by atoms with E-state index >= 15 is 0 Å². The van der Waals surface area contributed by atoms with Crippen molar-refractivity contribution in [2.24, 2.45) is 0 Å². The van der Waals surface area contributed by atoms with Crippen molar-refractivity contribution < 1.29 is 14.3 Å².